The van der Waals surface area contributed by atoms with Crippen molar-refractivity contribution in [3.63, 3.8) is 0 Å². The molecule has 0 spiro atoms. The first-order valence-corrected chi connectivity index (χ1v) is 7.34. The van der Waals surface area contributed by atoms with Crippen molar-refractivity contribution < 1.29 is 9.90 Å². The summed E-state index contributed by atoms with van der Waals surface area (Å²) in [6, 6.07) is 7.38. The zero-order valence-electron chi connectivity index (χ0n) is 12.9. The zero-order chi connectivity index (χ0) is 15.9. The number of aliphatic hydroxyl groups excluding tert-OH is 1. The van der Waals surface area contributed by atoms with Gasteiger partial charge in [0.25, 0.3) is 0 Å². The number of benzene rings is 1. The molecule has 0 aliphatic carbocycles. The Balaban J connectivity index is 1.82. The molecular weight excluding hydrogens is 280 g/mol. The first kappa shape index (κ1) is 16.0. The van der Waals surface area contributed by atoms with Gasteiger partial charge in [-0.3, -0.25) is 4.68 Å². The molecule has 0 saturated heterocycles. The molecule has 1 unspecified atom stereocenters. The number of carbonyl (C=O) groups excluding carboxylic acids is 1. The molecule has 0 fully saturated rings. The van der Waals surface area contributed by atoms with E-state index in [0.717, 1.165) is 16.8 Å². The average molecular weight is 302 g/mol. The van der Waals surface area contributed by atoms with Gasteiger partial charge in [0.1, 0.15) is 0 Å². The number of aromatic nitrogens is 2. The summed E-state index contributed by atoms with van der Waals surface area (Å²) in [5.41, 5.74) is 2.98. The van der Waals surface area contributed by atoms with Crippen LogP contribution >= 0.6 is 0 Å². The van der Waals surface area contributed by atoms with Gasteiger partial charge in [-0.25, -0.2) is 4.79 Å². The third-order valence-electron chi connectivity index (χ3n) is 3.17. The van der Waals surface area contributed by atoms with Crippen molar-refractivity contribution in [3.05, 3.63) is 47.8 Å². The molecule has 1 aromatic carbocycles. The van der Waals surface area contributed by atoms with Crippen molar-refractivity contribution in [3.8, 4) is 0 Å². The lowest BCUT2D eigenvalue weighted by atomic mass is 10.2. The summed E-state index contributed by atoms with van der Waals surface area (Å²) in [6.45, 7) is 4.85. The lowest BCUT2D eigenvalue weighted by Crippen LogP contribution is -2.30. The summed E-state index contributed by atoms with van der Waals surface area (Å²) in [7, 11) is 0. The maximum absolute atomic E-state index is 11.7. The molecule has 6 nitrogen and oxygen atoms in total. The van der Waals surface area contributed by atoms with Crippen LogP contribution in [0.5, 0.6) is 0 Å². The fourth-order valence-electron chi connectivity index (χ4n) is 2.00. The molecule has 22 heavy (non-hydrogen) atoms. The number of aryl methyl sites for hydroxylation is 1. The van der Waals surface area contributed by atoms with E-state index in [2.05, 4.69) is 15.7 Å². The van der Waals surface area contributed by atoms with Gasteiger partial charge >= 0.3 is 6.03 Å². The maximum atomic E-state index is 11.7. The summed E-state index contributed by atoms with van der Waals surface area (Å²) in [5, 5.41) is 18.8. The molecule has 0 radical (unpaired) electrons. The Bertz CT molecular complexity index is 605. The summed E-state index contributed by atoms with van der Waals surface area (Å²) in [5.74, 6) is 0. The monoisotopic (exact) mass is 302 g/mol. The van der Waals surface area contributed by atoms with Gasteiger partial charge in [0, 0.05) is 18.4 Å². The Kier molecular flexibility index (Phi) is 5.55. The smallest absolute Gasteiger partial charge is 0.319 e. The van der Waals surface area contributed by atoms with Crippen molar-refractivity contribution >= 4 is 11.7 Å². The number of aliphatic hydroxyl groups is 1. The molecule has 3 N–H and O–H groups in total. The normalized spacial score (nSPS) is 12.0. The van der Waals surface area contributed by atoms with E-state index >= 15 is 0 Å². The van der Waals surface area contributed by atoms with Crippen LogP contribution in [0, 0.1) is 6.92 Å². The average Bonchev–Trinajstić information content (AvgIpc) is 2.86. The molecule has 2 aromatic rings. The van der Waals surface area contributed by atoms with Gasteiger partial charge in [0.2, 0.25) is 0 Å². The second-order valence-electron chi connectivity index (χ2n) is 5.43. The van der Waals surface area contributed by atoms with Gasteiger partial charge in [0.05, 0.1) is 18.8 Å². The number of nitrogens with one attached hydrogen (secondary N) is 2. The quantitative estimate of drug-likeness (QED) is 0.765. The van der Waals surface area contributed by atoms with Crippen LogP contribution in [0.1, 0.15) is 24.5 Å². The van der Waals surface area contributed by atoms with Gasteiger partial charge in [-0.2, -0.15) is 5.10 Å². The predicted molar refractivity (Wildman–Crippen MR) is 85.8 cm³/mol. The molecule has 2 rings (SSSR count). The maximum Gasteiger partial charge on any atom is 0.319 e. The minimum absolute atomic E-state index is 0.267. The number of rotatable bonds is 6. The van der Waals surface area contributed by atoms with E-state index < -0.39 is 6.10 Å². The lowest BCUT2D eigenvalue weighted by Gasteiger charge is -2.09. The van der Waals surface area contributed by atoms with E-state index in [0.29, 0.717) is 19.5 Å². The highest BCUT2D eigenvalue weighted by molar-refractivity contribution is 5.89. The third-order valence-corrected chi connectivity index (χ3v) is 3.17. The molecule has 1 aromatic heterocycles. The van der Waals surface area contributed by atoms with E-state index in [1.165, 1.54) is 0 Å². The van der Waals surface area contributed by atoms with E-state index in [-0.39, 0.29) is 6.03 Å². The number of nitrogens with zero attached hydrogens (tertiary/aromatic N) is 2. The number of anilines is 1. The van der Waals surface area contributed by atoms with E-state index in [4.69, 9.17) is 5.11 Å². The minimum atomic E-state index is -0.412. The predicted octanol–water partition coefficient (Wildman–Crippen LogP) is 2.13. The van der Waals surface area contributed by atoms with Crippen molar-refractivity contribution in [2.75, 3.05) is 11.9 Å². The summed E-state index contributed by atoms with van der Waals surface area (Å²) >= 11 is 0. The Morgan fingerprint density at radius 2 is 2.09 bits per heavy atom. The highest BCUT2D eigenvalue weighted by Crippen LogP contribution is 2.10. The fraction of sp³-hybridized carbons (Fsp3) is 0.375. The molecule has 1 heterocycles. The van der Waals surface area contributed by atoms with Crippen LogP contribution in [0.4, 0.5) is 10.5 Å². The van der Waals surface area contributed by atoms with Crippen LogP contribution in [-0.4, -0.2) is 33.6 Å². The van der Waals surface area contributed by atoms with Crippen molar-refractivity contribution in [2.45, 2.75) is 32.9 Å². The Hall–Kier alpha value is -2.34. The Labute approximate surface area is 130 Å². The minimum Gasteiger partial charge on any atom is -0.393 e. The van der Waals surface area contributed by atoms with Gasteiger partial charge in [0.15, 0.2) is 0 Å². The number of carbonyl (C=O) groups is 1. The molecule has 6 heteroatoms. The molecule has 1 atom stereocenters. The second kappa shape index (κ2) is 7.61. The van der Waals surface area contributed by atoms with Gasteiger partial charge in [-0.15, -0.1) is 0 Å². The molecular formula is C16H22N4O2. The van der Waals surface area contributed by atoms with E-state index in [9.17, 15) is 4.79 Å². The highest BCUT2D eigenvalue weighted by atomic mass is 16.3. The fourth-order valence-corrected chi connectivity index (χ4v) is 2.00. The standard InChI is InChI=1S/C16H22N4O2/c1-12-9-18-20(10-12)11-14-3-5-15(6-4-14)19-16(22)17-8-7-13(2)21/h3-6,9-10,13,21H,7-8,11H2,1-2H3,(H2,17,19,22). The summed E-state index contributed by atoms with van der Waals surface area (Å²) in [4.78, 5) is 11.7. The van der Waals surface area contributed by atoms with Crippen molar-refractivity contribution in [2.24, 2.45) is 0 Å². The topological polar surface area (TPSA) is 79.2 Å². The van der Waals surface area contributed by atoms with Crippen molar-refractivity contribution in [1.29, 1.82) is 0 Å². The van der Waals surface area contributed by atoms with E-state index in [1.807, 2.05) is 48.3 Å². The Morgan fingerprint density at radius 3 is 2.68 bits per heavy atom. The Morgan fingerprint density at radius 1 is 1.36 bits per heavy atom. The van der Waals surface area contributed by atoms with Crippen LogP contribution in [-0.2, 0) is 6.54 Å². The summed E-state index contributed by atoms with van der Waals surface area (Å²) < 4.78 is 1.88. The van der Waals surface area contributed by atoms with Crippen LogP contribution in [0.3, 0.4) is 0 Å². The van der Waals surface area contributed by atoms with Crippen LogP contribution < -0.4 is 10.6 Å². The highest BCUT2D eigenvalue weighted by Gasteiger charge is 2.03. The zero-order valence-corrected chi connectivity index (χ0v) is 12.9. The van der Waals surface area contributed by atoms with Crippen molar-refractivity contribution in [1.82, 2.24) is 15.1 Å². The van der Waals surface area contributed by atoms with Gasteiger partial charge in [-0.1, -0.05) is 12.1 Å². The molecule has 0 aliphatic heterocycles. The molecule has 0 aliphatic rings. The SMILES string of the molecule is Cc1cnn(Cc2ccc(NC(=O)NCCC(C)O)cc2)c1. The summed E-state index contributed by atoms with van der Waals surface area (Å²) in [6.07, 6.45) is 3.94. The van der Waals surface area contributed by atoms with Crippen LogP contribution in [0.15, 0.2) is 36.7 Å². The first-order valence-electron chi connectivity index (χ1n) is 7.34. The number of hydrogen-bond donors (Lipinski definition) is 3. The van der Waals surface area contributed by atoms with E-state index in [1.54, 1.807) is 6.92 Å². The molecule has 118 valence electrons. The number of urea groups is 1. The van der Waals surface area contributed by atoms with Crippen LogP contribution in [0.25, 0.3) is 0 Å². The van der Waals surface area contributed by atoms with Gasteiger partial charge < -0.3 is 15.7 Å². The lowest BCUT2D eigenvalue weighted by molar-refractivity contribution is 0.184. The van der Waals surface area contributed by atoms with Crippen LogP contribution in [0.2, 0.25) is 0 Å². The molecule has 0 bridgehead atoms. The largest absolute Gasteiger partial charge is 0.393 e. The number of amides is 2. The van der Waals surface area contributed by atoms with Gasteiger partial charge in [-0.05, 0) is 43.5 Å². The second-order valence-corrected chi connectivity index (χ2v) is 5.43. The third kappa shape index (κ3) is 5.21. The number of hydrogen-bond acceptors (Lipinski definition) is 3. The first-order chi connectivity index (χ1) is 10.5. The molecule has 0 saturated carbocycles. The molecule has 2 amide bonds.